The Morgan fingerprint density at radius 1 is 1.22 bits per heavy atom. The van der Waals surface area contributed by atoms with Crippen LogP contribution in [0, 0.1) is 6.92 Å². The smallest absolute Gasteiger partial charge is 0.0450 e. The van der Waals surface area contributed by atoms with E-state index in [-0.39, 0.29) is 12.0 Å². The number of nitrogens with zero attached hydrogens (tertiary/aromatic N) is 1. The van der Waals surface area contributed by atoms with Crippen LogP contribution in [0.4, 0.5) is 0 Å². The predicted octanol–water partition coefficient (Wildman–Crippen LogP) is 3.96. The number of pyridine rings is 1. The molecule has 2 rings (SSSR count). The van der Waals surface area contributed by atoms with E-state index in [1.54, 1.807) is 0 Å². The molecule has 0 spiro atoms. The predicted molar refractivity (Wildman–Crippen MR) is 78.5 cm³/mol. The maximum Gasteiger partial charge on any atom is 0.0450 e. The van der Waals surface area contributed by atoms with Gasteiger partial charge in [-0.05, 0) is 42.3 Å². The first kappa shape index (κ1) is 13.2. The Hall–Kier alpha value is -1.19. The largest absolute Gasteiger partial charge is 0.323 e. The summed E-state index contributed by atoms with van der Waals surface area (Å²) in [6, 6.07) is 12.1. The SMILES string of the molecule is Cc1ccc(Br)cc1C(N)C(C)c1ccccn1. The van der Waals surface area contributed by atoms with Gasteiger partial charge in [-0.2, -0.15) is 0 Å². The third-order valence-corrected chi connectivity index (χ3v) is 3.79. The lowest BCUT2D eigenvalue weighted by molar-refractivity contribution is 0.581. The van der Waals surface area contributed by atoms with Crippen LogP contribution in [0.25, 0.3) is 0 Å². The lowest BCUT2D eigenvalue weighted by Crippen LogP contribution is -2.19. The molecule has 1 aromatic heterocycles. The summed E-state index contributed by atoms with van der Waals surface area (Å²) in [4.78, 5) is 4.39. The van der Waals surface area contributed by atoms with Gasteiger partial charge in [-0.25, -0.2) is 0 Å². The summed E-state index contributed by atoms with van der Waals surface area (Å²) < 4.78 is 1.06. The molecular formula is C15H17BrN2. The van der Waals surface area contributed by atoms with Crippen molar-refractivity contribution in [2.75, 3.05) is 0 Å². The standard InChI is InChI=1S/C15H17BrN2/c1-10-6-7-12(16)9-13(10)15(17)11(2)14-5-3-4-8-18-14/h3-9,11,15H,17H2,1-2H3. The number of aromatic nitrogens is 1. The summed E-state index contributed by atoms with van der Waals surface area (Å²) in [6.07, 6.45) is 1.81. The molecule has 0 aliphatic carbocycles. The molecule has 1 heterocycles. The van der Waals surface area contributed by atoms with Gasteiger partial charge in [-0.15, -0.1) is 0 Å². The van der Waals surface area contributed by atoms with Gasteiger partial charge in [0.15, 0.2) is 0 Å². The highest BCUT2D eigenvalue weighted by Crippen LogP contribution is 2.30. The maximum atomic E-state index is 6.38. The number of halogens is 1. The van der Waals surface area contributed by atoms with E-state index in [0.717, 1.165) is 10.2 Å². The maximum absolute atomic E-state index is 6.38. The van der Waals surface area contributed by atoms with Crippen LogP contribution in [0.5, 0.6) is 0 Å². The van der Waals surface area contributed by atoms with Gasteiger partial charge in [0, 0.05) is 28.3 Å². The Bertz CT molecular complexity index is 525. The number of aryl methyl sites for hydroxylation is 1. The first-order valence-electron chi connectivity index (χ1n) is 6.02. The van der Waals surface area contributed by atoms with E-state index in [0.29, 0.717) is 0 Å². The van der Waals surface area contributed by atoms with Crippen LogP contribution in [0.1, 0.15) is 35.7 Å². The van der Waals surface area contributed by atoms with Crippen molar-refractivity contribution in [3.8, 4) is 0 Å². The fourth-order valence-corrected chi connectivity index (χ4v) is 2.45. The fourth-order valence-electron chi connectivity index (χ4n) is 2.07. The molecule has 2 nitrogen and oxygen atoms in total. The highest BCUT2D eigenvalue weighted by atomic mass is 79.9. The molecule has 2 atom stereocenters. The molecule has 0 amide bonds. The van der Waals surface area contributed by atoms with Gasteiger partial charge in [-0.1, -0.05) is 35.0 Å². The van der Waals surface area contributed by atoms with Crippen LogP contribution in [0.2, 0.25) is 0 Å². The Labute approximate surface area is 116 Å². The van der Waals surface area contributed by atoms with Crippen LogP contribution in [0.15, 0.2) is 47.1 Å². The molecular weight excluding hydrogens is 288 g/mol. The zero-order valence-corrected chi connectivity index (χ0v) is 12.2. The number of nitrogens with two attached hydrogens (primary N) is 1. The first-order chi connectivity index (χ1) is 8.59. The second kappa shape index (κ2) is 5.63. The molecule has 94 valence electrons. The Balaban J connectivity index is 2.31. The minimum absolute atomic E-state index is 0.0441. The molecule has 2 aromatic rings. The molecule has 0 saturated heterocycles. The van der Waals surface area contributed by atoms with Crippen molar-refractivity contribution in [1.29, 1.82) is 0 Å². The zero-order valence-electron chi connectivity index (χ0n) is 10.6. The average molecular weight is 305 g/mol. The van der Waals surface area contributed by atoms with Crippen molar-refractivity contribution in [2.45, 2.75) is 25.8 Å². The van der Waals surface area contributed by atoms with Gasteiger partial charge in [0.2, 0.25) is 0 Å². The molecule has 3 heteroatoms. The van der Waals surface area contributed by atoms with Gasteiger partial charge < -0.3 is 5.73 Å². The van der Waals surface area contributed by atoms with E-state index in [1.807, 2.05) is 30.5 Å². The topological polar surface area (TPSA) is 38.9 Å². The molecule has 0 fully saturated rings. The van der Waals surface area contributed by atoms with Gasteiger partial charge in [0.05, 0.1) is 0 Å². The Morgan fingerprint density at radius 2 is 2.00 bits per heavy atom. The molecule has 0 aliphatic heterocycles. The van der Waals surface area contributed by atoms with E-state index < -0.39 is 0 Å². The van der Waals surface area contributed by atoms with Gasteiger partial charge in [-0.3, -0.25) is 4.98 Å². The highest BCUT2D eigenvalue weighted by molar-refractivity contribution is 9.10. The summed E-state index contributed by atoms with van der Waals surface area (Å²) in [7, 11) is 0. The third-order valence-electron chi connectivity index (χ3n) is 3.29. The second-order valence-electron chi connectivity index (χ2n) is 4.57. The number of hydrogen-bond donors (Lipinski definition) is 1. The van der Waals surface area contributed by atoms with E-state index in [1.165, 1.54) is 11.1 Å². The molecule has 0 radical (unpaired) electrons. The van der Waals surface area contributed by atoms with E-state index in [2.05, 4.69) is 46.9 Å². The van der Waals surface area contributed by atoms with Crippen molar-refractivity contribution in [1.82, 2.24) is 4.98 Å². The molecule has 1 aromatic carbocycles. The van der Waals surface area contributed by atoms with E-state index in [9.17, 15) is 0 Å². The molecule has 2 unspecified atom stereocenters. The molecule has 2 N–H and O–H groups in total. The summed E-state index contributed by atoms with van der Waals surface area (Å²) >= 11 is 3.50. The van der Waals surface area contributed by atoms with Crippen molar-refractivity contribution in [2.24, 2.45) is 5.73 Å². The van der Waals surface area contributed by atoms with Crippen LogP contribution < -0.4 is 5.73 Å². The molecule has 18 heavy (non-hydrogen) atoms. The van der Waals surface area contributed by atoms with Crippen molar-refractivity contribution < 1.29 is 0 Å². The van der Waals surface area contributed by atoms with Crippen LogP contribution in [-0.4, -0.2) is 4.98 Å². The van der Waals surface area contributed by atoms with Crippen molar-refractivity contribution >= 4 is 15.9 Å². The van der Waals surface area contributed by atoms with Crippen LogP contribution >= 0.6 is 15.9 Å². The zero-order chi connectivity index (χ0) is 13.1. The first-order valence-corrected chi connectivity index (χ1v) is 6.81. The van der Waals surface area contributed by atoms with Crippen LogP contribution in [0.3, 0.4) is 0 Å². The van der Waals surface area contributed by atoms with Crippen LogP contribution in [-0.2, 0) is 0 Å². The van der Waals surface area contributed by atoms with Gasteiger partial charge >= 0.3 is 0 Å². The third kappa shape index (κ3) is 2.79. The number of benzene rings is 1. The summed E-state index contributed by atoms with van der Waals surface area (Å²) in [5.74, 6) is 0.194. The minimum atomic E-state index is -0.0441. The van der Waals surface area contributed by atoms with Crippen molar-refractivity contribution in [3.63, 3.8) is 0 Å². The number of rotatable bonds is 3. The quantitative estimate of drug-likeness (QED) is 0.932. The van der Waals surface area contributed by atoms with Gasteiger partial charge in [0.25, 0.3) is 0 Å². The second-order valence-corrected chi connectivity index (χ2v) is 5.49. The molecule has 0 bridgehead atoms. The highest BCUT2D eigenvalue weighted by Gasteiger charge is 2.19. The summed E-state index contributed by atoms with van der Waals surface area (Å²) in [5.41, 5.74) is 9.80. The van der Waals surface area contributed by atoms with Gasteiger partial charge in [0.1, 0.15) is 0 Å². The molecule has 0 aliphatic rings. The Kier molecular flexibility index (Phi) is 4.15. The lowest BCUT2D eigenvalue weighted by atomic mass is 9.90. The monoisotopic (exact) mass is 304 g/mol. The van der Waals surface area contributed by atoms with E-state index in [4.69, 9.17) is 5.73 Å². The fraction of sp³-hybridized carbons (Fsp3) is 0.267. The summed E-state index contributed by atoms with van der Waals surface area (Å²) in [5, 5.41) is 0. The molecule has 0 saturated carbocycles. The van der Waals surface area contributed by atoms with E-state index >= 15 is 0 Å². The lowest BCUT2D eigenvalue weighted by Gasteiger charge is -2.21. The normalized spacial score (nSPS) is 14.2. The van der Waals surface area contributed by atoms with Crippen molar-refractivity contribution in [3.05, 3.63) is 63.9 Å². The Morgan fingerprint density at radius 3 is 2.67 bits per heavy atom. The number of hydrogen-bond acceptors (Lipinski definition) is 2. The summed E-state index contributed by atoms with van der Waals surface area (Å²) in [6.45, 7) is 4.21. The minimum Gasteiger partial charge on any atom is -0.323 e. The average Bonchev–Trinajstić information content (AvgIpc) is 2.41.